The summed E-state index contributed by atoms with van der Waals surface area (Å²) in [6, 6.07) is 3.49. The van der Waals surface area contributed by atoms with Gasteiger partial charge in [0.25, 0.3) is 0 Å². The van der Waals surface area contributed by atoms with Crippen molar-refractivity contribution in [3.8, 4) is 11.5 Å². The van der Waals surface area contributed by atoms with Gasteiger partial charge in [-0.1, -0.05) is 6.07 Å². The van der Waals surface area contributed by atoms with Crippen molar-refractivity contribution in [2.75, 3.05) is 6.61 Å². The van der Waals surface area contributed by atoms with Gasteiger partial charge in [0.1, 0.15) is 0 Å². The first-order valence-corrected chi connectivity index (χ1v) is 4.73. The highest BCUT2D eigenvalue weighted by Gasteiger charge is 2.44. The van der Waals surface area contributed by atoms with Gasteiger partial charge in [-0.25, -0.2) is 4.39 Å². The van der Waals surface area contributed by atoms with Crippen LogP contribution in [-0.4, -0.2) is 20.4 Å². The van der Waals surface area contributed by atoms with Crippen LogP contribution >= 0.6 is 0 Å². The Balaban J connectivity index is 0.000000181. The Morgan fingerprint density at radius 3 is 2.59 bits per heavy atom. The predicted molar refractivity (Wildman–Crippen MR) is 50.2 cm³/mol. The zero-order valence-electron chi connectivity index (χ0n) is 8.49. The number of ether oxygens (including phenoxy) is 2. The summed E-state index contributed by atoms with van der Waals surface area (Å²) in [5.41, 5.74) is 0. The van der Waals surface area contributed by atoms with Gasteiger partial charge < -0.3 is 14.3 Å². The van der Waals surface area contributed by atoms with Gasteiger partial charge in [0.05, 0.1) is 6.61 Å². The topological polar surface area (TPSA) is 36.9 Å². The van der Waals surface area contributed by atoms with Gasteiger partial charge in [-0.2, -0.15) is 0 Å². The summed E-state index contributed by atoms with van der Waals surface area (Å²) < 4.78 is 45.2. The number of rotatable bonds is 0. The highest BCUT2D eigenvalue weighted by molar-refractivity contribution is 6.27. The lowest BCUT2D eigenvalue weighted by Gasteiger charge is -2.04. The van der Waals surface area contributed by atoms with Crippen LogP contribution in [0.3, 0.4) is 0 Å². The van der Waals surface area contributed by atoms with Gasteiger partial charge in [-0.05, 0) is 18.5 Å². The molecule has 0 unspecified atom stereocenters. The van der Waals surface area contributed by atoms with Gasteiger partial charge >= 0.3 is 13.8 Å². The van der Waals surface area contributed by atoms with E-state index in [9.17, 15) is 13.2 Å². The average molecular weight is 247 g/mol. The maximum Gasteiger partial charge on any atom is 0.586 e. The number of fused-ring (bicyclic) bond motifs is 1. The number of hydrogen-bond acceptors (Lipinski definition) is 4. The van der Waals surface area contributed by atoms with E-state index < -0.39 is 17.9 Å². The molecule has 1 radical (unpaired) electrons. The van der Waals surface area contributed by atoms with Crippen molar-refractivity contribution in [2.24, 2.45) is 0 Å². The summed E-state index contributed by atoms with van der Waals surface area (Å²) >= 11 is 0. The lowest BCUT2D eigenvalue weighted by Crippen LogP contribution is -2.26. The summed E-state index contributed by atoms with van der Waals surface area (Å²) in [7, 11) is 1.64. The Labute approximate surface area is 95.4 Å². The van der Waals surface area contributed by atoms with Crippen LogP contribution in [0.1, 0.15) is 0 Å². The molecule has 2 aliphatic heterocycles. The molecule has 0 aromatic heterocycles. The summed E-state index contributed by atoms with van der Waals surface area (Å²) in [6.45, 7) is 0.722. The lowest BCUT2D eigenvalue weighted by molar-refractivity contribution is -0.287. The highest BCUT2D eigenvalue weighted by Crippen LogP contribution is 2.42. The second kappa shape index (κ2) is 4.85. The van der Waals surface area contributed by atoms with E-state index in [2.05, 4.69) is 19.2 Å². The molecule has 1 aromatic carbocycles. The summed E-state index contributed by atoms with van der Waals surface area (Å²) in [5.74, 6) is -1.67. The van der Waals surface area contributed by atoms with Crippen molar-refractivity contribution in [3.63, 3.8) is 0 Å². The molecule has 2 aliphatic rings. The van der Waals surface area contributed by atoms with Gasteiger partial charge in [0, 0.05) is 0 Å². The number of alkyl halides is 2. The van der Waals surface area contributed by atoms with Gasteiger partial charge in [-0.3, -0.25) is 4.89 Å². The molecule has 0 spiro atoms. The highest BCUT2D eigenvalue weighted by atomic mass is 19.3. The van der Waals surface area contributed by atoms with Crippen molar-refractivity contribution in [1.29, 1.82) is 0 Å². The first-order chi connectivity index (χ1) is 8.08. The van der Waals surface area contributed by atoms with Crippen molar-refractivity contribution in [2.45, 2.75) is 12.6 Å². The van der Waals surface area contributed by atoms with E-state index in [0.717, 1.165) is 19.0 Å². The summed E-state index contributed by atoms with van der Waals surface area (Å²) in [5, 5.41) is 0. The van der Waals surface area contributed by atoms with E-state index in [1.165, 1.54) is 12.1 Å². The van der Waals surface area contributed by atoms with E-state index in [-0.39, 0.29) is 5.75 Å². The quantitative estimate of drug-likeness (QED) is 0.519. The fraction of sp³-hybridized carbons (Fsp3) is 0.333. The first kappa shape index (κ1) is 12.1. The molecule has 0 bridgehead atoms. The molecule has 0 atom stereocenters. The second-order valence-electron chi connectivity index (χ2n) is 3.11. The average Bonchev–Trinajstić information content (AvgIpc) is 2.87. The van der Waals surface area contributed by atoms with Crippen LogP contribution < -0.4 is 9.47 Å². The third-order valence-electron chi connectivity index (χ3n) is 1.84. The Hall–Kier alpha value is -1.41. The van der Waals surface area contributed by atoms with Crippen LogP contribution in [-0.2, 0) is 9.69 Å². The minimum absolute atomic E-state index is 0.278. The molecule has 0 amide bonds. The van der Waals surface area contributed by atoms with Crippen LogP contribution in [0.2, 0.25) is 6.32 Å². The normalized spacial score (nSPS) is 19.2. The minimum Gasteiger partial charge on any atom is -0.395 e. The maximum absolute atomic E-state index is 12.7. The molecule has 8 heteroatoms. The Bertz CT molecular complexity index is 390. The zero-order valence-corrected chi connectivity index (χ0v) is 8.49. The standard InChI is InChI=1S/C7H3F3O2.C2H4BO2/c8-4-2-1-3-5-6(4)12-7(9,10)11-5;1-2-4-5-3-1/h1-3H;1-2H2. The third-order valence-corrected chi connectivity index (χ3v) is 1.84. The molecule has 1 aromatic rings. The predicted octanol–water partition coefficient (Wildman–Crippen LogP) is 2.13. The van der Waals surface area contributed by atoms with E-state index >= 15 is 0 Å². The molecule has 91 valence electrons. The minimum atomic E-state index is -3.75. The van der Waals surface area contributed by atoms with E-state index in [1.54, 1.807) is 7.48 Å². The van der Waals surface area contributed by atoms with Gasteiger partial charge in [0.2, 0.25) is 5.75 Å². The van der Waals surface area contributed by atoms with Crippen LogP contribution in [0, 0.1) is 5.82 Å². The third kappa shape index (κ3) is 3.04. The molecule has 2 heterocycles. The van der Waals surface area contributed by atoms with Crippen LogP contribution in [0.5, 0.6) is 11.5 Å². The smallest absolute Gasteiger partial charge is 0.395 e. The lowest BCUT2D eigenvalue weighted by atomic mass is 9.99. The van der Waals surface area contributed by atoms with E-state index in [4.69, 9.17) is 0 Å². The van der Waals surface area contributed by atoms with Gasteiger partial charge in [-0.15, -0.1) is 8.78 Å². The number of para-hydroxylation sites is 1. The fourth-order valence-corrected chi connectivity index (χ4v) is 1.18. The number of halogens is 3. The van der Waals surface area contributed by atoms with Crippen LogP contribution in [0.4, 0.5) is 13.2 Å². The molecule has 4 nitrogen and oxygen atoms in total. The number of hydrogen-bond donors (Lipinski definition) is 0. The van der Waals surface area contributed by atoms with Crippen molar-refractivity contribution in [3.05, 3.63) is 24.0 Å². The SMILES string of the molecule is Fc1cccc2c1OC(F)(F)O2.[B]1CCOO1. The molecule has 1 saturated heterocycles. The van der Waals surface area contributed by atoms with Crippen molar-refractivity contribution in [1.82, 2.24) is 0 Å². The zero-order chi connectivity index (χ0) is 12.3. The molecule has 0 aliphatic carbocycles. The molecule has 17 heavy (non-hydrogen) atoms. The first-order valence-electron chi connectivity index (χ1n) is 4.73. The number of benzene rings is 1. The Kier molecular flexibility index (Phi) is 3.44. The van der Waals surface area contributed by atoms with E-state index in [1.807, 2.05) is 0 Å². The fourth-order valence-electron chi connectivity index (χ4n) is 1.18. The van der Waals surface area contributed by atoms with Crippen LogP contribution in [0.25, 0.3) is 0 Å². The largest absolute Gasteiger partial charge is 0.586 e. The Morgan fingerprint density at radius 1 is 1.24 bits per heavy atom. The molecular formula is C9H7BF3O4. The summed E-state index contributed by atoms with van der Waals surface area (Å²) in [4.78, 5) is 8.71. The van der Waals surface area contributed by atoms with Crippen molar-refractivity contribution < 1.29 is 32.3 Å². The molecule has 0 saturated carbocycles. The maximum atomic E-state index is 12.7. The molecule has 0 N–H and O–H groups in total. The molecular weight excluding hydrogens is 240 g/mol. The van der Waals surface area contributed by atoms with Crippen LogP contribution in [0.15, 0.2) is 18.2 Å². The Morgan fingerprint density at radius 2 is 2.06 bits per heavy atom. The molecule has 3 rings (SSSR count). The van der Waals surface area contributed by atoms with Crippen molar-refractivity contribution >= 4 is 7.48 Å². The second-order valence-corrected chi connectivity index (χ2v) is 3.11. The van der Waals surface area contributed by atoms with Gasteiger partial charge in [0.15, 0.2) is 11.6 Å². The summed E-state index contributed by atoms with van der Waals surface area (Å²) in [6.07, 6.45) is -2.81. The monoisotopic (exact) mass is 247 g/mol. The molecule has 1 fully saturated rings. The van der Waals surface area contributed by atoms with E-state index in [0.29, 0.717) is 0 Å².